The van der Waals surface area contributed by atoms with Crippen LogP contribution >= 0.6 is 11.3 Å². The van der Waals surface area contributed by atoms with Crippen molar-refractivity contribution in [3.8, 4) is 16.3 Å². The van der Waals surface area contributed by atoms with Crippen molar-refractivity contribution in [1.29, 1.82) is 0 Å². The maximum absolute atomic E-state index is 11.3. The number of benzene rings is 2. The van der Waals surface area contributed by atoms with Gasteiger partial charge in [0.25, 0.3) is 0 Å². The lowest BCUT2D eigenvalue weighted by atomic mass is 9.96. The van der Waals surface area contributed by atoms with Gasteiger partial charge in [-0.3, -0.25) is 0 Å². The van der Waals surface area contributed by atoms with Gasteiger partial charge in [-0.05, 0) is 30.5 Å². The molecule has 4 rings (SSSR count). The molecule has 144 valence electrons. The third-order valence-electron chi connectivity index (χ3n) is 4.90. The van der Waals surface area contributed by atoms with Crippen LogP contribution in [0.5, 0.6) is 5.75 Å². The summed E-state index contributed by atoms with van der Waals surface area (Å²) < 4.78 is 6.06. The number of hydrogen-bond donors (Lipinski definition) is 0. The molecule has 0 saturated carbocycles. The zero-order chi connectivity index (χ0) is 19.5. The molecule has 6 heteroatoms. The lowest BCUT2D eigenvalue weighted by Crippen LogP contribution is -2.54. The van der Waals surface area contributed by atoms with E-state index in [2.05, 4.69) is 34.2 Å². The fourth-order valence-corrected chi connectivity index (χ4v) is 4.19. The van der Waals surface area contributed by atoms with Crippen LogP contribution in [0.15, 0.2) is 54.6 Å². The van der Waals surface area contributed by atoms with E-state index in [1.807, 2.05) is 42.5 Å². The van der Waals surface area contributed by atoms with E-state index in [-0.39, 0.29) is 17.8 Å². The Morgan fingerprint density at radius 1 is 1.14 bits per heavy atom. The molecule has 0 radical (unpaired) electrons. The summed E-state index contributed by atoms with van der Waals surface area (Å²) in [5, 5.41) is 10.5. The molecule has 2 aromatic carbocycles. The van der Waals surface area contributed by atoms with Crippen LogP contribution in [-0.4, -0.2) is 35.2 Å². The van der Waals surface area contributed by atoms with E-state index in [0.29, 0.717) is 6.42 Å². The molecule has 0 amide bonds. The molecule has 1 saturated heterocycles. The Hall–Kier alpha value is -2.73. The average Bonchev–Trinajstić information content (AvgIpc) is 3.14. The van der Waals surface area contributed by atoms with Crippen LogP contribution in [-0.2, 0) is 4.79 Å². The standard InChI is InChI=1S/C22H23N3O2S/c1-15(12-16(2)26)17-8-10-19(11-9-17)27-20-13-25(14-20)22-24-23-21(28-22)18-6-4-3-5-7-18/h3-11,15,20H,12-14H2,1-2H3/t15-/m1/s1. The van der Waals surface area contributed by atoms with Gasteiger partial charge in [-0.1, -0.05) is 60.7 Å². The van der Waals surface area contributed by atoms with E-state index in [9.17, 15) is 4.79 Å². The summed E-state index contributed by atoms with van der Waals surface area (Å²) in [6.45, 7) is 5.34. The van der Waals surface area contributed by atoms with Crippen LogP contribution in [0.4, 0.5) is 5.13 Å². The van der Waals surface area contributed by atoms with Crippen molar-refractivity contribution in [1.82, 2.24) is 10.2 Å². The maximum Gasteiger partial charge on any atom is 0.208 e. The van der Waals surface area contributed by atoms with Crippen LogP contribution in [0, 0.1) is 0 Å². The fraction of sp³-hybridized carbons (Fsp3) is 0.318. The topological polar surface area (TPSA) is 55.3 Å². The molecule has 1 aromatic heterocycles. The largest absolute Gasteiger partial charge is 0.487 e. The second-order valence-electron chi connectivity index (χ2n) is 7.28. The fourth-order valence-electron chi connectivity index (χ4n) is 3.33. The number of ketones is 1. The summed E-state index contributed by atoms with van der Waals surface area (Å²) in [6, 6.07) is 18.2. The van der Waals surface area contributed by atoms with Crippen LogP contribution in [0.1, 0.15) is 31.7 Å². The second kappa shape index (κ2) is 8.10. The van der Waals surface area contributed by atoms with Crippen molar-refractivity contribution >= 4 is 22.3 Å². The molecule has 0 unspecified atom stereocenters. The Morgan fingerprint density at radius 3 is 2.54 bits per heavy atom. The summed E-state index contributed by atoms with van der Waals surface area (Å²) in [5.41, 5.74) is 2.26. The molecule has 5 nitrogen and oxygen atoms in total. The minimum Gasteiger partial charge on any atom is -0.487 e. The van der Waals surface area contributed by atoms with E-state index >= 15 is 0 Å². The number of anilines is 1. The molecule has 2 heterocycles. The number of carbonyl (C=O) groups is 1. The smallest absolute Gasteiger partial charge is 0.208 e. The molecule has 1 atom stereocenters. The molecule has 0 spiro atoms. The van der Waals surface area contributed by atoms with Gasteiger partial charge in [0.05, 0.1) is 13.1 Å². The molecule has 3 aromatic rings. The maximum atomic E-state index is 11.3. The zero-order valence-corrected chi connectivity index (χ0v) is 16.9. The zero-order valence-electron chi connectivity index (χ0n) is 16.0. The quantitative estimate of drug-likeness (QED) is 0.589. The summed E-state index contributed by atoms with van der Waals surface area (Å²) in [5.74, 6) is 1.32. The van der Waals surface area contributed by atoms with Gasteiger partial charge >= 0.3 is 0 Å². The average molecular weight is 394 g/mol. The molecule has 0 aliphatic carbocycles. The number of rotatable bonds is 7. The van der Waals surface area contributed by atoms with Crippen molar-refractivity contribution in [2.24, 2.45) is 0 Å². The highest BCUT2D eigenvalue weighted by Crippen LogP contribution is 2.32. The van der Waals surface area contributed by atoms with E-state index in [0.717, 1.165) is 34.5 Å². The Bertz CT molecular complexity index is 934. The SMILES string of the molecule is CC(=O)C[C@@H](C)c1ccc(OC2CN(c3nnc(-c4ccccc4)s3)C2)cc1. The van der Waals surface area contributed by atoms with E-state index in [4.69, 9.17) is 4.74 Å². The Morgan fingerprint density at radius 2 is 1.86 bits per heavy atom. The third kappa shape index (κ3) is 4.22. The Labute approximate surface area is 169 Å². The van der Waals surface area contributed by atoms with E-state index in [1.165, 1.54) is 5.56 Å². The molecule has 0 bridgehead atoms. The van der Waals surface area contributed by atoms with Gasteiger partial charge in [0.1, 0.15) is 22.6 Å². The van der Waals surface area contributed by atoms with Crippen molar-refractivity contribution in [3.05, 3.63) is 60.2 Å². The first-order chi connectivity index (χ1) is 13.6. The van der Waals surface area contributed by atoms with Crippen LogP contribution in [0.3, 0.4) is 0 Å². The normalized spacial score (nSPS) is 15.1. The predicted octanol–water partition coefficient (Wildman–Crippen LogP) is 4.56. The summed E-state index contributed by atoms with van der Waals surface area (Å²) in [6.07, 6.45) is 0.731. The van der Waals surface area contributed by atoms with Gasteiger partial charge in [0.2, 0.25) is 5.13 Å². The summed E-state index contributed by atoms with van der Waals surface area (Å²) >= 11 is 1.61. The first-order valence-corrected chi connectivity index (χ1v) is 10.3. The molecule has 1 fully saturated rings. The Balaban J connectivity index is 1.30. The van der Waals surface area contributed by atoms with E-state index < -0.39 is 0 Å². The highest BCUT2D eigenvalue weighted by molar-refractivity contribution is 7.18. The molecule has 28 heavy (non-hydrogen) atoms. The van der Waals surface area contributed by atoms with Gasteiger partial charge in [-0.15, -0.1) is 10.2 Å². The number of Topliss-reactive ketones (excluding diaryl/α,β-unsaturated/α-hetero) is 1. The summed E-state index contributed by atoms with van der Waals surface area (Å²) in [4.78, 5) is 13.5. The predicted molar refractivity (Wildman–Crippen MR) is 112 cm³/mol. The summed E-state index contributed by atoms with van der Waals surface area (Å²) in [7, 11) is 0. The number of ether oxygens (including phenoxy) is 1. The number of carbonyl (C=O) groups excluding carboxylic acids is 1. The number of nitrogens with zero attached hydrogens (tertiary/aromatic N) is 3. The second-order valence-corrected chi connectivity index (χ2v) is 8.23. The lowest BCUT2D eigenvalue weighted by Gasteiger charge is -2.38. The minimum absolute atomic E-state index is 0.157. The van der Waals surface area contributed by atoms with Gasteiger partial charge < -0.3 is 14.4 Å². The lowest BCUT2D eigenvalue weighted by molar-refractivity contribution is -0.117. The van der Waals surface area contributed by atoms with Gasteiger partial charge in [-0.2, -0.15) is 0 Å². The molecule has 1 aliphatic heterocycles. The van der Waals surface area contributed by atoms with Crippen molar-refractivity contribution in [3.63, 3.8) is 0 Å². The number of aromatic nitrogens is 2. The molecule has 0 N–H and O–H groups in total. The highest BCUT2D eigenvalue weighted by Gasteiger charge is 2.31. The Kier molecular flexibility index (Phi) is 5.39. The van der Waals surface area contributed by atoms with Gasteiger partial charge in [0, 0.05) is 12.0 Å². The third-order valence-corrected chi connectivity index (χ3v) is 5.93. The first kappa shape index (κ1) is 18.6. The van der Waals surface area contributed by atoms with Crippen LogP contribution in [0.2, 0.25) is 0 Å². The molecule has 1 aliphatic rings. The molecular weight excluding hydrogens is 370 g/mol. The van der Waals surface area contributed by atoms with Crippen molar-refractivity contribution < 1.29 is 9.53 Å². The minimum atomic E-state index is 0.157. The molecular formula is C22H23N3O2S. The monoisotopic (exact) mass is 393 g/mol. The number of hydrogen-bond acceptors (Lipinski definition) is 6. The van der Waals surface area contributed by atoms with Gasteiger partial charge in [-0.25, -0.2) is 0 Å². The van der Waals surface area contributed by atoms with E-state index in [1.54, 1.807) is 18.3 Å². The van der Waals surface area contributed by atoms with Crippen LogP contribution < -0.4 is 9.64 Å². The van der Waals surface area contributed by atoms with Gasteiger partial charge in [0.15, 0.2) is 0 Å². The van der Waals surface area contributed by atoms with Crippen molar-refractivity contribution in [2.75, 3.05) is 18.0 Å². The first-order valence-electron chi connectivity index (χ1n) is 9.48. The highest BCUT2D eigenvalue weighted by atomic mass is 32.1. The van der Waals surface area contributed by atoms with Crippen molar-refractivity contribution in [2.45, 2.75) is 32.3 Å². The van der Waals surface area contributed by atoms with Crippen LogP contribution in [0.25, 0.3) is 10.6 Å².